The predicted molar refractivity (Wildman–Crippen MR) is 75.5 cm³/mol. The summed E-state index contributed by atoms with van der Waals surface area (Å²) in [5, 5.41) is 8.51. The summed E-state index contributed by atoms with van der Waals surface area (Å²) in [6, 6.07) is 7.30. The van der Waals surface area contributed by atoms with Gasteiger partial charge in [-0.1, -0.05) is 34.1 Å². The minimum Gasteiger partial charge on any atom is -0.353 e. The van der Waals surface area contributed by atoms with Crippen molar-refractivity contribution in [1.82, 2.24) is 16.0 Å². The molecule has 1 aromatic carbocycles. The van der Waals surface area contributed by atoms with Crippen LogP contribution in [0.5, 0.6) is 0 Å². The molecule has 0 aromatic heterocycles. The van der Waals surface area contributed by atoms with Crippen molar-refractivity contribution in [3.8, 4) is 0 Å². The van der Waals surface area contributed by atoms with E-state index in [1.165, 1.54) is 0 Å². The van der Waals surface area contributed by atoms with Crippen molar-refractivity contribution >= 4 is 27.7 Å². The summed E-state index contributed by atoms with van der Waals surface area (Å²) in [6.07, 6.45) is 0. The highest BCUT2D eigenvalue weighted by atomic mass is 79.9. The van der Waals surface area contributed by atoms with E-state index in [-0.39, 0.29) is 30.4 Å². The van der Waals surface area contributed by atoms with Crippen LogP contribution in [0.1, 0.15) is 18.5 Å². The van der Waals surface area contributed by atoms with E-state index in [1.54, 1.807) is 0 Å². The Hall–Kier alpha value is -1.40. The van der Waals surface area contributed by atoms with Gasteiger partial charge in [-0.05, 0) is 18.6 Å². The summed E-state index contributed by atoms with van der Waals surface area (Å²) in [5.74, 6) is -0.189. The SMILES string of the molecule is C[C@H](NC(=O)C1CNC(=O)CN1)c1ccccc1Br. The third-order valence-electron chi connectivity index (χ3n) is 3.06. The molecule has 0 saturated carbocycles. The predicted octanol–water partition coefficient (Wildman–Crippen LogP) is 0.714. The molecule has 19 heavy (non-hydrogen) atoms. The molecule has 3 N–H and O–H groups in total. The van der Waals surface area contributed by atoms with Crippen LogP contribution in [0, 0.1) is 0 Å². The van der Waals surface area contributed by atoms with Gasteiger partial charge in [0.05, 0.1) is 12.6 Å². The van der Waals surface area contributed by atoms with Gasteiger partial charge in [-0.3, -0.25) is 14.9 Å². The second kappa shape index (κ2) is 6.16. The summed E-state index contributed by atoms with van der Waals surface area (Å²) in [5.41, 5.74) is 1.02. The fraction of sp³-hybridized carbons (Fsp3) is 0.385. The Kier molecular flexibility index (Phi) is 4.55. The van der Waals surface area contributed by atoms with Crippen LogP contribution in [-0.4, -0.2) is 30.9 Å². The van der Waals surface area contributed by atoms with E-state index in [0.29, 0.717) is 6.54 Å². The largest absolute Gasteiger partial charge is 0.353 e. The van der Waals surface area contributed by atoms with E-state index in [0.717, 1.165) is 10.0 Å². The van der Waals surface area contributed by atoms with Crippen molar-refractivity contribution in [2.45, 2.75) is 19.0 Å². The third-order valence-corrected chi connectivity index (χ3v) is 3.78. The van der Waals surface area contributed by atoms with Crippen LogP contribution in [0.2, 0.25) is 0 Å². The van der Waals surface area contributed by atoms with Crippen LogP contribution in [0.3, 0.4) is 0 Å². The molecule has 6 heteroatoms. The van der Waals surface area contributed by atoms with Crippen molar-refractivity contribution < 1.29 is 9.59 Å². The average Bonchev–Trinajstić information content (AvgIpc) is 2.39. The minimum atomic E-state index is -0.373. The molecule has 1 aliphatic rings. The van der Waals surface area contributed by atoms with Gasteiger partial charge in [0, 0.05) is 11.0 Å². The second-order valence-electron chi connectivity index (χ2n) is 4.49. The first-order valence-corrected chi connectivity index (χ1v) is 6.92. The maximum absolute atomic E-state index is 12.1. The van der Waals surface area contributed by atoms with Gasteiger partial charge in [-0.25, -0.2) is 0 Å². The average molecular weight is 326 g/mol. The fourth-order valence-corrected chi connectivity index (χ4v) is 2.60. The minimum absolute atomic E-state index is 0.0806. The van der Waals surface area contributed by atoms with Gasteiger partial charge >= 0.3 is 0 Å². The third kappa shape index (κ3) is 3.54. The molecule has 1 fully saturated rings. The highest BCUT2D eigenvalue weighted by Gasteiger charge is 2.25. The van der Waals surface area contributed by atoms with Crippen molar-refractivity contribution in [2.75, 3.05) is 13.1 Å². The lowest BCUT2D eigenvalue weighted by atomic mass is 10.1. The molecule has 1 unspecified atom stereocenters. The molecule has 102 valence electrons. The number of carbonyl (C=O) groups excluding carboxylic acids is 2. The lowest BCUT2D eigenvalue weighted by Crippen LogP contribution is -2.58. The molecule has 2 rings (SSSR count). The first kappa shape index (κ1) is 14.0. The van der Waals surface area contributed by atoms with Crippen LogP contribution < -0.4 is 16.0 Å². The standard InChI is InChI=1S/C13H16BrN3O2/c1-8(9-4-2-3-5-10(9)14)17-13(19)11-6-16-12(18)7-15-11/h2-5,8,11,15H,6-7H2,1H3,(H,16,18)(H,17,19)/t8-,11?/m0/s1. The molecule has 5 nitrogen and oxygen atoms in total. The zero-order valence-corrected chi connectivity index (χ0v) is 12.2. The second-order valence-corrected chi connectivity index (χ2v) is 5.34. The van der Waals surface area contributed by atoms with Crippen LogP contribution in [0.15, 0.2) is 28.7 Å². The Balaban J connectivity index is 1.95. The number of carbonyl (C=O) groups is 2. The Morgan fingerprint density at radius 3 is 2.84 bits per heavy atom. The molecular formula is C13H16BrN3O2. The highest BCUT2D eigenvalue weighted by molar-refractivity contribution is 9.10. The van der Waals surface area contributed by atoms with Gasteiger partial charge in [0.15, 0.2) is 0 Å². The molecule has 1 aliphatic heterocycles. The van der Waals surface area contributed by atoms with Crippen LogP contribution >= 0.6 is 15.9 Å². The van der Waals surface area contributed by atoms with Crippen molar-refractivity contribution in [1.29, 1.82) is 0 Å². The van der Waals surface area contributed by atoms with E-state index >= 15 is 0 Å². The van der Waals surface area contributed by atoms with Crippen molar-refractivity contribution in [2.24, 2.45) is 0 Å². The van der Waals surface area contributed by atoms with Gasteiger partial charge in [0.1, 0.15) is 6.04 Å². The molecule has 1 heterocycles. The highest BCUT2D eigenvalue weighted by Crippen LogP contribution is 2.22. The topological polar surface area (TPSA) is 70.2 Å². The van der Waals surface area contributed by atoms with E-state index in [4.69, 9.17) is 0 Å². The van der Waals surface area contributed by atoms with E-state index in [2.05, 4.69) is 31.9 Å². The van der Waals surface area contributed by atoms with Gasteiger partial charge in [0.25, 0.3) is 0 Å². The molecule has 1 saturated heterocycles. The lowest BCUT2D eigenvalue weighted by molar-refractivity contribution is -0.127. The molecule has 2 amide bonds. The number of amides is 2. The number of halogens is 1. The molecule has 2 atom stereocenters. The summed E-state index contributed by atoms with van der Waals surface area (Å²) < 4.78 is 0.965. The number of benzene rings is 1. The summed E-state index contributed by atoms with van der Waals surface area (Å²) >= 11 is 3.47. The number of rotatable bonds is 3. The first-order chi connectivity index (χ1) is 9.08. The maximum Gasteiger partial charge on any atom is 0.239 e. The Morgan fingerprint density at radius 1 is 1.47 bits per heavy atom. The van der Waals surface area contributed by atoms with Gasteiger partial charge in [-0.15, -0.1) is 0 Å². The van der Waals surface area contributed by atoms with Crippen LogP contribution in [0.25, 0.3) is 0 Å². The van der Waals surface area contributed by atoms with Crippen LogP contribution in [0.4, 0.5) is 0 Å². The fourth-order valence-electron chi connectivity index (χ4n) is 1.97. The van der Waals surface area contributed by atoms with Gasteiger partial charge < -0.3 is 10.6 Å². The first-order valence-electron chi connectivity index (χ1n) is 6.13. The number of nitrogens with one attached hydrogen (secondary N) is 3. The molecule has 0 radical (unpaired) electrons. The Morgan fingerprint density at radius 2 is 2.21 bits per heavy atom. The summed E-state index contributed by atoms with van der Waals surface area (Å²) in [7, 11) is 0. The number of piperazine rings is 1. The number of hydrogen-bond donors (Lipinski definition) is 3. The normalized spacial score (nSPS) is 20.5. The van der Waals surface area contributed by atoms with E-state index in [9.17, 15) is 9.59 Å². The maximum atomic E-state index is 12.1. The lowest BCUT2D eigenvalue weighted by Gasteiger charge is -2.25. The summed E-state index contributed by atoms with van der Waals surface area (Å²) in [4.78, 5) is 23.1. The van der Waals surface area contributed by atoms with E-state index in [1.807, 2.05) is 31.2 Å². The van der Waals surface area contributed by atoms with Crippen molar-refractivity contribution in [3.63, 3.8) is 0 Å². The molecular weight excluding hydrogens is 310 g/mol. The van der Waals surface area contributed by atoms with Gasteiger partial charge in [0.2, 0.25) is 11.8 Å². The zero-order chi connectivity index (χ0) is 13.8. The van der Waals surface area contributed by atoms with Crippen LogP contribution in [-0.2, 0) is 9.59 Å². The molecule has 0 bridgehead atoms. The van der Waals surface area contributed by atoms with E-state index < -0.39 is 0 Å². The molecule has 0 spiro atoms. The smallest absolute Gasteiger partial charge is 0.239 e. The molecule has 0 aliphatic carbocycles. The monoisotopic (exact) mass is 325 g/mol. The molecule has 1 aromatic rings. The zero-order valence-electron chi connectivity index (χ0n) is 10.6. The Labute approximate surface area is 120 Å². The Bertz CT molecular complexity index is 483. The van der Waals surface area contributed by atoms with Gasteiger partial charge in [-0.2, -0.15) is 0 Å². The number of hydrogen-bond acceptors (Lipinski definition) is 3. The summed E-state index contributed by atoms with van der Waals surface area (Å²) in [6.45, 7) is 2.44. The van der Waals surface area contributed by atoms with Crippen molar-refractivity contribution in [3.05, 3.63) is 34.3 Å². The quantitative estimate of drug-likeness (QED) is 0.766.